The molecule has 0 fully saturated rings. The van der Waals surface area contributed by atoms with Crippen molar-refractivity contribution in [3.63, 3.8) is 0 Å². The predicted molar refractivity (Wildman–Crippen MR) is 60.7 cm³/mol. The number of hydrogen-bond donors (Lipinski definition) is 3. The van der Waals surface area contributed by atoms with Crippen LogP contribution in [0.2, 0.25) is 0 Å². The van der Waals surface area contributed by atoms with Gasteiger partial charge in [0.2, 0.25) is 11.8 Å². The lowest BCUT2D eigenvalue weighted by molar-refractivity contribution is -0.137. The predicted octanol–water partition coefficient (Wildman–Crippen LogP) is -2.15. The fourth-order valence-corrected chi connectivity index (χ4v) is 1.26. The number of nitrogens with zero attached hydrogens (tertiary/aromatic N) is 4. The van der Waals surface area contributed by atoms with Crippen molar-refractivity contribution in [2.24, 2.45) is 5.73 Å². The van der Waals surface area contributed by atoms with E-state index in [1.54, 1.807) is 0 Å². The molecule has 0 saturated heterocycles. The molecule has 0 aliphatic heterocycles. The molecule has 104 valence electrons. The molecule has 1 atom stereocenters. The number of carboxylic acids is 1. The van der Waals surface area contributed by atoms with Crippen LogP contribution >= 0.6 is 0 Å². The van der Waals surface area contributed by atoms with Crippen LogP contribution in [0.5, 0.6) is 0 Å². The van der Waals surface area contributed by atoms with Crippen molar-refractivity contribution in [1.82, 2.24) is 25.5 Å². The summed E-state index contributed by atoms with van der Waals surface area (Å²) in [5, 5.41) is 21.4. The molecule has 4 N–H and O–H groups in total. The summed E-state index contributed by atoms with van der Waals surface area (Å²) >= 11 is 0. The van der Waals surface area contributed by atoms with Crippen molar-refractivity contribution in [2.75, 3.05) is 6.54 Å². The number of aromatic nitrogens is 4. The average molecular weight is 270 g/mol. The van der Waals surface area contributed by atoms with Crippen molar-refractivity contribution in [3.8, 4) is 0 Å². The minimum atomic E-state index is -1.01. The number of rotatable bonds is 7. The van der Waals surface area contributed by atoms with E-state index in [4.69, 9.17) is 10.8 Å². The second-order valence-electron chi connectivity index (χ2n) is 3.79. The van der Waals surface area contributed by atoms with Crippen molar-refractivity contribution >= 4 is 17.8 Å². The maximum atomic E-state index is 11.5. The molecule has 2 amide bonds. The minimum absolute atomic E-state index is 0.0150. The quantitative estimate of drug-likeness (QED) is 0.510. The summed E-state index contributed by atoms with van der Waals surface area (Å²) < 4.78 is 1.15. The van der Waals surface area contributed by atoms with Gasteiger partial charge in [-0.2, -0.15) is 0 Å². The van der Waals surface area contributed by atoms with Gasteiger partial charge in [0.15, 0.2) is 5.82 Å². The van der Waals surface area contributed by atoms with E-state index >= 15 is 0 Å². The molecule has 0 saturated carbocycles. The summed E-state index contributed by atoms with van der Waals surface area (Å²) in [6.45, 7) is 1.52. The second-order valence-corrected chi connectivity index (χ2v) is 3.79. The molecular formula is C9H14N6O4. The lowest BCUT2D eigenvalue weighted by Crippen LogP contribution is -2.31. The molecule has 0 aliphatic rings. The van der Waals surface area contributed by atoms with Crippen molar-refractivity contribution in [1.29, 1.82) is 0 Å². The van der Waals surface area contributed by atoms with Crippen molar-refractivity contribution in [2.45, 2.75) is 25.8 Å². The summed E-state index contributed by atoms with van der Waals surface area (Å²) in [6.07, 6.45) is -0.335. The zero-order chi connectivity index (χ0) is 14.4. The van der Waals surface area contributed by atoms with Gasteiger partial charge in [0.05, 0.1) is 12.8 Å². The molecule has 1 rings (SSSR count). The number of aliphatic carboxylic acids is 1. The fourth-order valence-electron chi connectivity index (χ4n) is 1.26. The van der Waals surface area contributed by atoms with Crippen LogP contribution in [0.3, 0.4) is 0 Å². The molecule has 0 spiro atoms. The number of primary amides is 1. The van der Waals surface area contributed by atoms with Gasteiger partial charge in [0.25, 0.3) is 0 Å². The highest BCUT2D eigenvalue weighted by Gasteiger charge is 2.19. The number of tetrazole rings is 1. The van der Waals surface area contributed by atoms with E-state index in [0.717, 1.165) is 4.68 Å². The Labute approximate surface area is 108 Å². The molecule has 10 heteroatoms. The highest BCUT2D eigenvalue weighted by atomic mass is 16.4. The monoisotopic (exact) mass is 270 g/mol. The third kappa shape index (κ3) is 4.33. The van der Waals surface area contributed by atoms with Crippen LogP contribution in [0.15, 0.2) is 0 Å². The summed E-state index contributed by atoms with van der Waals surface area (Å²) in [7, 11) is 0. The Bertz CT molecular complexity index is 485. The van der Waals surface area contributed by atoms with Crippen LogP contribution < -0.4 is 11.1 Å². The molecule has 10 nitrogen and oxygen atoms in total. The van der Waals surface area contributed by atoms with Gasteiger partial charge in [-0.05, 0) is 17.4 Å². The first-order valence-corrected chi connectivity index (χ1v) is 5.46. The smallest absolute Gasteiger partial charge is 0.305 e. The van der Waals surface area contributed by atoms with Crippen LogP contribution in [-0.4, -0.2) is 49.6 Å². The number of nitrogens with one attached hydrogen (secondary N) is 1. The standard InChI is InChI=1S/C9H14N6O4/c1-5(9(10)19)15-6(12-13-14-15)4-7(16)11-3-2-8(17)18/h5H,2-4H2,1H3,(H2,10,19)(H,11,16)(H,17,18). The van der Waals surface area contributed by atoms with Gasteiger partial charge in [-0.25, -0.2) is 4.68 Å². The summed E-state index contributed by atoms with van der Waals surface area (Å²) in [4.78, 5) is 32.8. The van der Waals surface area contributed by atoms with Gasteiger partial charge >= 0.3 is 5.97 Å². The van der Waals surface area contributed by atoms with Gasteiger partial charge in [-0.3, -0.25) is 14.4 Å². The Kier molecular flexibility index (Phi) is 4.92. The third-order valence-electron chi connectivity index (χ3n) is 2.32. The number of carboxylic acid groups (broad SMARTS) is 1. The number of carbonyl (C=O) groups is 3. The molecule has 0 aromatic carbocycles. The number of nitrogens with two attached hydrogens (primary N) is 1. The first-order valence-electron chi connectivity index (χ1n) is 5.46. The highest BCUT2D eigenvalue weighted by molar-refractivity contribution is 5.79. The molecule has 1 aromatic rings. The molecule has 0 aliphatic carbocycles. The van der Waals surface area contributed by atoms with E-state index in [0.29, 0.717) is 0 Å². The number of carbonyl (C=O) groups excluding carboxylic acids is 2. The highest BCUT2D eigenvalue weighted by Crippen LogP contribution is 2.05. The molecule has 19 heavy (non-hydrogen) atoms. The molecule has 0 bridgehead atoms. The molecule has 0 radical (unpaired) electrons. The summed E-state index contributed by atoms with van der Waals surface area (Å²) in [5.74, 6) is -1.89. The largest absolute Gasteiger partial charge is 0.481 e. The third-order valence-corrected chi connectivity index (χ3v) is 2.32. The normalized spacial score (nSPS) is 11.8. The van der Waals surface area contributed by atoms with Crippen molar-refractivity contribution in [3.05, 3.63) is 5.82 Å². The first kappa shape index (κ1) is 14.5. The average Bonchev–Trinajstić information content (AvgIpc) is 2.75. The zero-order valence-electron chi connectivity index (χ0n) is 10.2. The number of amides is 2. The fraction of sp³-hybridized carbons (Fsp3) is 0.556. The summed E-state index contributed by atoms with van der Waals surface area (Å²) in [6, 6.07) is -0.767. The molecule has 1 aromatic heterocycles. The Morgan fingerprint density at radius 2 is 2.16 bits per heavy atom. The van der Waals surface area contributed by atoms with Crippen molar-refractivity contribution < 1.29 is 19.5 Å². The summed E-state index contributed by atoms with van der Waals surface area (Å²) in [5.41, 5.74) is 5.12. The van der Waals surface area contributed by atoms with Crippen LogP contribution in [0, 0.1) is 0 Å². The minimum Gasteiger partial charge on any atom is -0.481 e. The zero-order valence-corrected chi connectivity index (χ0v) is 10.2. The van der Waals surface area contributed by atoms with Crippen LogP contribution in [0.1, 0.15) is 25.2 Å². The van der Waals surface area contributed by atoms with Crippen LogP contribution in [0.4, 0.5) is 0 Å². The maximum absolute atomic E-state index is 11.5. The van der Waals surface area contributed by atoms with Gasteiger partial charge < -0.3 is 16.2 Å². The molecule has 1 heterocycles. The second kappa shape index (κ2) is 6.42. The van der Waals surface area contributed by atoms with Gasteiger partial charge in [0.1, 0.15) is 6.04 Å². The van der Waals surface area contributed by atoms with E-state index in [9.17, 15) is 14.4 Å². The SMILES string of the molecule is CC(C(N)=O)n1nnnc1CC(=O)NCCC(=O)O. The van der Waals surface area contributed by atoms with Gasteiger partial charge in [-0.15, -0.1) is 5.10 Å². The number of hydrogen-bond acceptors (Lipinski definition) is 6. The molecular weight excluding hydrogens is 256 g/mol. The van der Waals surface area contributed by atoms with Gasteiger partial charge in [-0.1, -0.05) is 0 Å². The van der Waals surface area contributed by atoms with E-state index in [1.165, 1.54) is 6.92 Å². The maximum Gasteiger partial charge on any atom is 0.305 e. The lowest BCUT2D eigenvalue weighted by atomic mass is 10.3. The lowest BCUT2D eigenvalue weighted by Gasteiger charge is -2.09. The van der Waals surface area contributed by atoms with Crippen LogP contribution in [-0.2, 0) is 20.8 Å². The van der Waals surface area contributed by atoms with E-state index in [-0.39, 0.29) is 25.2 Å². The molecule has 1 unspecified atom stereocenters. The Hall–Kier alpha value is -2.52. The Morgan fingerprint density at radius 1 is 1.47 bits per heavy atom. The van der Waals surface area contributed by atoms with E-state index in [1.807, 2.05) is 0 Å². The van der Waals surface area contributed by atoms with E-state index < -0.39 is 23.8 Å². The van der Waals surface area contributed by atoms with E-state index in [2.05, 4.69) is 20.8 Å². The Balaban J connectivity index is 2.58. The topological polar surface area (TPSA) is 153 Å². The first-order chi connectivity index (χ1) is 8.91. The van der Waals surface area contributed by atoms with Gasteiger partial charge in [0, 0.05) is 6.54 Å². The van der Waals surface area contributed by atoms with Crippen LogP contribution in [0.25, 0.3) is 0 Å². The Morgan fingerprint density at radius 3 is 2.74 bits per heavy atom.